The van der Waals surface area contributed by atoms with Crippen LogP contribution in [0.5, 0.6) is 0 Å². The topological polar surface area (TPSA) is 38.5 Å². The molecule has 0 amide bonds. The van der Waals surface area contributed by atoms with Crippen LogP contribution in [0, 0.1) is 0 Å². The Morgan fingerprint density at radius 1 is 1.35 bits per heavy atom. The third-order valence-corrected chi connectivity index (χ3v) is 3.71. The van der Waals surface area contributed by atoms with Gasteiger partial charge in [-0.15, -0.1) is 0 Å². The second-order valence-corrected chi connectivity index (χ2v) is 5.52. The minimum Gasteiger partial charge on any atom is -0.399 e. The minimum absolute atomic E-state index is 0.443. The molecule has 1 fully saturated rings. The monoisotopic (exact) mass is 298 g/mol. The molecule has 2 rings (SSSR count). The van der Waals surface area contributed by atoms with Crippen LogP contribution >= 0.6 is 15.9 Å². The molecule has 1 saturated heterocycles. The molecule has 1 aromatic carbocycles. The molecular weight excluding hydrogens is 280 g/mol. The first-order valence-electron chi connectivity index (χ1n) is 5.97. The fourth-order valence-corrected chi connectivity index (χ4v) is 2.89. The minimum atomic E-state index is 0.443. The maximum atomic E-state index is 5.84. The van der Waals surface area contributed by atoms with Gasteiger partial charge in [-0.25, -0.2) is 0 Å². The van der Waals surface area contributed by atoms with Crippen molar-refractivity contribution in [1.82, 2.24) is 4.90 Å². The molecule has 3 nitrogen and oxygen atoms in total. The van der Waals surface area contributed by atoms with Crippen molar-refractivity contribution in [1.29, 1.82) is 0 Å². The average molecular weight is 299 g/mol. The number of nitrogens with two attached hydrogens (primary N) is 1. The summed E-state index contributed by atoms with van der Waals surface area (Å²) in [6.07, 6.45) is 2.69. The summed E-state index contributed by atoms with van der Waals surface area (Å²) in [5.74, 6) is 0. The molecular formula is C13H19BrN2O. The van der Waals surface area contributed by atoms with Crippen molar-refractivity contribution in [2.24, 2.45) is 0 Å². The van der Waals surface area contributed by atoms with Crippen molar-refractivity contribution in [3.63, 3.8) is 0 Å². The molecule has 0 aliphatic carbocycles. The van der Waals surface area contributed by atoms with Crippen LogP contribution in [-0.4, -0.2) is 31.2 Å². The second-order valence-electron chi connectivity index (χ2n) is 4.60. The lowest BCUT2D eigenvalue weighted by molar-refractivity contribution is 0.0388. The summed E-state index contributed by atoms with van der Waals surface area (Å²) in [7, 11) is 1.80. The number of halogens is 1. The first-order valence-corrected chi connectivity index (χ1v) is 6.77. The van der Waals surface area contributed by atoms with Gasteiger partial charge in [0.05, 0.1) is 6.10 Å². The van der Waals surface area contributed by atoms with Gasteiger partial charge in [0.25, 0.3) is 0 Å². The van der Waals surface area contributed by atoms with E-state index in [-0.39, 0.29) is 0 Å². The Morgan fingerprint density at radius 2 is 2.06 bits per heavy atom. The van der Waals surface area contributed by atoms with Crippen LogP contribution in [0.1, 0.15) is 18.4 Å². The average Bonchev–Trinajstić information content (AvgIpc) is 2.28. The van der Waals surface area contributed by atoms with Crippen molar-refractivity contribution in [2.75, 3.05) is 25.9 Å². The van der Waals surface area contributed by atoms with Gasteiger partial charge in [0.2, 0.25) is 0 Å². The Labute approximate surface area is 111 Å². The van der Waals surface area contributed by atoms with E-state index in [4.69, 9.17) is 10.5 Å². The summed E-state index contributed by atoms with van der Waals surface area (Å²) in [5.41, 5.74) is 7.93. The van der Waals surface area contributed by atoms with E-state index in [1.807, 2.05) is 12.1 Å². The number of nitrogen functional groups attached to an aromatic ring is 1. The number of anilines is 1. The highest BCUT2D eigenvalue weighted by Crippen LogP contribution is 2.20. The lowest BCUT2D eigenvalue weighted by atomic mass is 10.1. The van der Waals surface area contributed by atoms with E-state index in [0.29, 0.717) is 6.10 Å². The largest absolute Gasteiger partial charge is 0.399 e. The molecule has 0 bridgehead atoms. The van der Waals surface area contributed by atoms with E-state index in [9.17, 15) is 0 Å². The van der Waals surface area contributed by atoms with Crippen molar-refractivity contribution >= 4 is 21.6 Å². The van der Waals surface area contributed by atoms with Crippen LogP contribution in [0.4, 0.5) is 5.69 Å². The Hall–Kier alpha value is -0.580. The summed E-state index contributed by atoms with van der Waals surface area (Å²) >= 11 is 3.48. The standard InChI is InChI=1S/C13H19BrN2O/c1-17-13-2-4-16(5-3-13)9-10-6-11(14)8-12(15)7-10/h6-8,13H,2-5,9,15H2,1H3. The van der Waals surface area contributed by atoms with Gasteiger partial charge >= 0.3 is 0 Å². The van der Waals surface area contributed by atoms with Gasteiger partial charge in [0.1, 0.15) is 0 Å². The molecule has 1 heterocycles. The Kier molecular flexibility index (Phi) is 4.42. The quantitative estimate of drug-likeness (QED) is 0.872. The van der Waals surface area contributed by atoms with Gasteiger partial charge in [-0.05, 0) is 36.6 Å². The zero-order valence-corrected chi connectivity index (χ0v) is 11.7. The molecule has 0 spiro atoms. The summed E-state index contributed by atoms with van der Waals surface area (Å²) < 4.78 is 6.43. The van der Waals surface area contributed by atoms with Crippen LogP contribution in [-0.2, 0) is 11.3 Å². The van der Waals surface area contributed by atoms with E-state index in [1.54, 1.807) is 7.11 Å². The number of piperidine rings is 1. The number of benzene rings is 1. The summed E-state index contributed by atoms with van der Waals surface area (Å²) in [5, 5.41) is 0. The molecule has 1 aromatic rings. The van der Waals surface area contributed by atoms with Gasteiger partial charge < -0.3 is 10.5 Å². The number of likely N-dealkylation sites (tertiary alicyclic amines) is 1. The predicted molar refractivity (Wildman–Crippen MR) is 73.9 cm³/mol. The van der Waals surface area contributed by atoms with E-state index in [1.165, 1.54) is 5.56 Å². The maximum absolute atomic E-state index is 5.84. The van der Waals surface area contributed by atoms with Gasteiger partial charge in [0, 0.05) is 36.9 Å². The van der Waals surface area contributed by atoms with Gasteiger partial charge in [0.15, 0.2) is 0 Å². The number of nitrogens with zero attached hydrogens (tertiary/aromatic N) is 1. The van der Waals surface area contributed by atoms with Gasteiger partial charge in [-0.1, -0.05) is 15.9 Å². The Bertz CT molecular complexity index is 355. The van der Waals surface area contributed by atoms with Gasteiger partial charge in [-0.2, -0.15) is 0 Å². The summed E-state index contributed by atoms with van der Waals surface area (Å²) in [6.45, 7) is 3.18. The lowest BCUT2D eigenvalue weighted by Crippen LogP contribution is -2.36. The maximum Gasteiger partial charge on any atom is 0.0595 e. The molecule has 94 valence electrons. The third kappa shape index (κ3) is 3.69. The zero-order chi connectivity index (χ0) is 12.3. The van der Waals surface area contributed by atoms with Crippen LogP contribution in [0.3, 0.4) is 0 Å². The SMILES string of the molecule is COC1CCN(Cc2cc(N)cc(Br)c2)CC1. The van der Waals surface area contributed by atoms with Crippen LogP contribution in [0.25, 0.3) is 0 Å². The molecule has 4 heteroatoms. The molecule has 0 radical (unpaired) electrons. The van der Waals surface area contributed by atoms with E-state index in [2.05, 4.69) is 26.9 Å². The van der Waals surface area contributed by atoms with E-state index >= 15 is 0 Å². The van der Waals surface area contributed by atoms with Gasteiger partial charge in [-0.3, -0.25) is 4.90 Å². The number of hydrogen-bond donors (Lipinski definition) is 1. The normalized spacial score (nSPS) is 18.5. The smallest absolute Gasteiger partial charge is 0.0595 e. The molecule has 17 heavy (non-hydrogen) atoms. The molecule has 2 N–H and O–H groups in total. The summed E-state index contributed by atoms with van der Waals surface area (Å²) in [6, 6.07) is 6.12. The third-order valence-electron chi connectivity index (χ3n) is 3.25. The zero-order valence-electron chi connectivity index (χ0n) is 10.2. The van der Waals surface area contributed by atoms with Crippen LogP contribution < -0.4 is 5.73 Å². The number of methoxy groups -OCH3 is 1. The van der Waals surface area contributed by atoms with Crippen molar-refractivity contribution in [3.05, 3.63) is 28.2 Å². The number of ether oxygens (including phenoxy) is 1. The molecule has 0 atom stereocenters. The number of hydrogen-bond acceptors (Lipinski definition) is 3. The lowest BCUT2D eigenvalue weighted by Gasteiger charge is -2.31. The molecule has 1 aliphatic rings. The molecule has 0 saturated carbocycles. The van der Waals surface area contributed by atoms with Crippen LogP contribution in [0.15, 0.2) is 22.7 Å². The highest BCUT2D eigenvalue weighted by Gasteiger charge is 2.18. The highest BCUT2D eigenvalue weighted by molar-refractivity contribution is 9.10. The van der Waals surface area contributed by atoms with Crippen molar-refractivity contribution in [3.8, 4) is 0 Å². The van der Waals surface area contributed by atoms with E-state index in [0.717, 1.165) is 42.6 Å². The predicted octanol–water partition coefficient (Wildman–Crippen LogP) is 2.64. The first kappa shape index (κ1) is 12.9. The molecule has 0 unspecified atom stereocenters. The van der Waals surface area contributed by atoms with E-state index < -0.39 is 0 Å². The van der Waals surface area contributed by atoms with Crippen molar-refractivity contribution in [2.45, 2.75) is 25.5 Å². The molecule has 0 aromatic heterocycles. The van der Waals surface area contributed by atoms with Crippen LogP contribution in [0.2, 0.25) is 0 Å². The molecule has 1 aliphatic heterocycles. The Morgan fingerprint density at radius 3 is 2.65 bits per heavy atom. The first-order chi connectivity index (χ1) is 8.17. The Balaban J connectivity index is 1.93. The van der Waals surface area contributed by atoms with Crippen molar-refractivity contribution < 1.29 is 4.74 Å². The fourth-order valence-electron chi connectivity index (χ4n) is 2.33. The summed E-state index contributed by atoms with van der Waals surface area (Å²) in [4.78, 5) is 2.46. The number of rotatable bonds is 3. The highest BCUT2D eigenvalue weighted by atomic mass is 79.9. The second kappa shape index (κ2) is 5.85. The fraction of sp³-hybridized carbons (Fsp3) is 0.538.